The van der Waals surface area contributed by atoms with Crippen molar-refractivity contribution in [1.29, 1.82) is 0 Å². The highest BCUT2D eigenvalue weighted by Crippen LogP contribution is 2.12. The average Bonchev–Trinajstić information content (AvgIpc) is 2.39. The maximum Gasteiger partial charge on any atom is 0.338 e. The number of carbonyl (C=O) groups excluding carboxylic acids is 2. The summed E-state index contributed by atoms with van der Waals surface area (Å²) in [5.74, 6) is -0.685. The van der Waals surface area contributed by atoms with Crippen LogP contribution in [0, 0.1) is 0 Å². The van der Waals surface area contributed by atoms with Crippen LogP contribution in [0.3, 0.4) is 0 Å². The molecule has 0 aromatic heterocycles. The predicted octanol–water partition coefficient (Wildman–Crippen LogP) is 2.44. The topological polar surface area (TPSA) is 52.6 Å². The first-order valence-corrected chi connectivity index (χ1v) is 5.68. The molecule has 0 aliphatic rings. The van der Waals surface area contributed by atoms with Crippen LogP contribution in [0.25, 0.3) is 6.08 Å². The van der Waals surface area contributed by atoms with Crippen LogP contribution >= 0.6 is 0 Å². The van der Waals surface area contributed by atoms with Crippen LogP contribution in [-0.4, -0.2) is 25.7 Å². The highest BCUT2D eigenvalue weighted by atomic mass is 16.5. The summed E-state index contributed by atoms with van der Waals surface area (Å²) in [6.45, 7) is 2.12. The molecule has 18 heavy (non-hydrogen) atoms. The third-order valence-corrected chi connectivity index (χ3v) is 2.25. The van der Waals surface area contributed by atoms with Crippen molar-refractivity contribution in [1.82, 2.24) is 0 Å². The van der Waals surface area contributed by atoms with Crippen molar-refractivity contribution in [3.8, 4) is 0 Å². The van der Waals surface area contributed by atoms with Crippen LogP contribution < -0.4 is 0 Å². The van der Waals surface area contributed by atoms with E-state index in [1.54, 1.807) is 37.3 Å². The highest BCUT2D eigenvalue weighted by Gasteiger charge is 2.08. The number of hydrogen-bond donors (Lipinski definition) is 0. The summed E-state index contributed by atoms with van der Waals surface area (Å²) in [4.78, 5) is 22.6. The van der Waals surface area contributed by atoms with Crippen LogP contribution in [-0.2, 0) is 14.3 Å². The molecule has 0 N–H and O–H groups in total. The molecule has 0 amide bonds. The van der Waals surface area contributed by atoms with Gasteiger partial charge in [-0.15, -0.1) is 0 Å². The second-order valence-corrected chi connectivity index (χ2v) is 3.49. The zero-order valence-electron chi connectivity index (χ0n) is 10.5. The van der Waals surface area contributed by atoms with Gasteiger partial charge in [0.25, 0.3) is 0 Å². The summed E-state index contributed by atoms with van der Waals surface area (Å²) in [5.41, 5.74) is 1.19. The summed E-state index contributed by atoms with van der Waals surface area (Å²) < 4.78 is 9.48. The highest BCUT2D eigenvalue weighted by molar-refractivity contribution is 5.93. The Balaban J connectivity index is 2.75. The van der Waals surface area contributed by atoms with Crippen molar-refractivity contribution in [2.24, 2.45) is 0 Å². The van der Waals surface area contributed by atoms with E-state index in [2.05, 4.69) is 4.74 Å². The van der Waals surface area contributed by atoms with E-state index in [1.165, 1.54) is 7.11 Å². The Hall–Kier alpha value is -2.10. The lowest BCUT2D eigenvalue weighted by Gasteiger charge is -2.03. The van der Waals surface area contributed by atoms with Gasteiger partial charge in [-0.2, -0.15) is 0 Å². The van der Waals surface area contributed by atoms with Crippen molar-refractivity contribution >= 4 is 18.0 Å². The van der Waals surface area contributed by atoms with Gasteiger partial charge in [0.05, 0.1) is 25.7 Å². The van der Waals surface area contributed by atoms with Crippen LogP contribution in [0.2, 0.25) is 0 Å². The van der Waals surface area contributed by atoms with Gasteiger partial charge in [-0.1, -0.05) is 30.4 Å². The zero-order chi connectivity index (χ0) is 13.4. The number of esters is 2. The van der Waals surface area contributed by atoms with Crippen LogP contribution in [0.5, 0.6) is 0 Å². The quantitative estimate of drug-likeness (QED) is 0.751. The fourth-order valence-electron chi connectivity index (χ4n) is 1.44. The third kappa shape index (κ3) is 4.05. The van der Waals surface area contributed by atoms with Gasteiger partial charge in [0, 0.05) is 0 Å². The van der Waals surface area contributed by atoms with E-state index >= 15 is 0 Å². The molecule has 0 bridgehead atoms. The van der Waals surface area contributed by atoms with E-state index in [0.717, 1.165) is 0 Å². The Kier molecular flexibility index (Phi) is 5.64. The normalized spacial score (nSPS) is 10.3. The molecule has 0 fully saturated rings. The van der Waals surface area contributed by atoms with Crippen molar-refractivity contribution < 1.29 is 19.1 Å². The molecular formula is C14H16O4. The largest absolute Gasteiger partial charge is 0.466 e. The molecule has 96 valence electrons. The lowest BCUT2D eigenvalue weighted by Crippen LogP contribution is -2.03. The molecule has 0 radical (unpaired) electrons. The Morgan fingerprint density at radius 3 is 2.67 bits per heavy atom. The van der Waals surface area contributed by atoms with Crippen LogP contribution in [0.4, 0.5) is 0 Å². The first kappa shape index (κ1) is 14.0. The summed E-state index contributed by atoms with van der Waals surface area (Å²) in [6, 6.07) is 7.04. The monoisotopic (exact) mass is 248 g/mol. The molecule has 1 aromatic rings. The average molecular weight is 248 g/mol. The number of carbonyl (C=O) groups is 2. The lowest BCUT2D eigenvalue weighted by atomic mass is 10.1. The Labute approximate surface area is 106 Å². The third-order valence-electron chi connectivity index (χ3n) is 2.25. The smallest absolute Gasteiger partial charge is 0.338 e. The Bertz CT molecular complexity index is 449. The molecule has 0 aliphatic heterocycles. The molecule has 0 heterocycles. The van der Waals surface area contributed by atoms with E-state index in [9.17, 15) is 9.59 Å². The van der Waals surface area contributed by atoms with Crippen molar-refractivity contribution in [3.05, 3.63) is 41.5 Å². The molecule has 1 rings (SSSR count). The van der Waals surface area contributed by atoms with E-state index in [-0.39, 0.29) is 12.4 Å². The maximum absolute atomic E-state index is 11.5. The lowest BCUT2D eigenvalue weighted by molar-refractivity contribution is -0.142. The van der Waals surface area contributed by atoms with Crippen LogP contribution in [0.15, 0.2) is 30.3 Å². The van der Waals surface area contributed by atoms with Gasteiger partial charge in [-0.05, 0) is 18.6 Å². The fourth-order valence-corrected chi connectivity index (χ4v) is 1.44. The van der Waals surface area contributed by atoms with Gasteiger partial charge in [-0.25, -0.2) is 4.79 Å². The van der Waals surface area contributed by atoms with Crippen molar-refractivity contribution in [2.75, 3.05) is 13.7 Å². The van der Waals surface area contributed by atoms with Gasteiger partial charge < -0.3 is 9.47 Å². The predicted molar refractivity (Wildman–Crippen MR) is 68.1 cm³/mol. The molecule has 0 saturated carbocycles. The van der Waals surface area contributed by atoms with Crippen LogP contribution in [0.1, 0.15) is 29.3 Å². The maximum atomic E-state index is 11.5. The van der Waals surface area contributed by atoms with E-state index < -0.39 is 5.97 Å². The molecule has 0 spiro atoms. The van der Waals surface area contributed by atoms with E-state index in [4.69, 9.17) is 4.74 Å². The van der Waals surface area contributed by atoms with Gasteiger partial charge in [0.15, 0.2) is 0 Å². The summed E-state index contributed by atoms with van der Waals surface area (Å²) in [6.07, 6.45) is 3.56. The first-order chi connectivity index (χ1) is 8.69. The second kappa shape index (κ2) is 7.27. The standard InChI is InChI=1S/C14H16O4/c1-3-18-13(15)10-6-8-11-7-4-5-9-12(11)14(16)17-2/h4-9H,3,10H2,1-2H3. The molecular weight excluding hydrogens is 232 g/mol. The Morgan fingerprint density at radius 1 is 1.28 bits per heavy atom. The molecule has 0 atom stereocenters. The number of ether oxygens (including phenoxy) is 2. The molecule has 1 aromatic carbocycles. The van der Waals surface area contributed by atoms with Crippen molar-refractivity contribution in [3.63, 3.8) is 0 Å². The van der Waals surface area contributed by atoms with Gasteiger partial charge in [-0.3, -0.25) is 4.79 Å². The molecule has 4 heteroatoms. The number of methoxy groups -OCH3 is 1. The Morgan fingerprint density at radius 2 is 2.00 bits per heavy atom. The zero-order valence-corrected chi connectivity index (χ0v) is 10.5. The van der Waals surface area contributed by atoms with E-state index in [0.29, 0.717) is 17.7 Å². The minimum Gasteiger partial charge on any atom is -0.466 e. The number of rotatable bonds is 5. The summed E-state index contributed by atoms with van der Waals surface area (Å²) in [5, 5.41) is 0. The minimum absolute atomic E-state index is 0.184. The van der Waals surface area contributed by atoms with Gasteiger partial charge in [0.2, 0.25) is 0 Å². The molecule has 0 unspecified atom stereocenters. The fraction of sp³-hybridized carbons (Fsp3) is 0.286. The molecule has 0 aliphatic carbocycles. The SMILES string of the molecule is CCOC(=O)CC=Cc1ccccc1C(=O)OC. The minimum atomic E-state index is -0.397. The van der Waals surface area contributed by atoms with E-state index in [1.807, 2.05) is 6.07 Å². The first-order valence-electron chi connectivity index (χ1n) is 5.68. The molecule has 0 saturated heterocycles. The number of hydrogen-bond acceptors (Lipinski definition) is 4. The van der Waals surface area contributed by atoms with Gasteiger partial charge in [0.1, 0.15) is 0 Å². The molecule has 4 nitrogen and oxygen atoms in total. The number of benzene rings is 1. The summed E-state index contributed by atoms with van der Waals surface area (Å²) in [7, 11) is 1.33. The van der Waals surface area contributed by atoms with Gasteiger partial charge >= 0.3 is 11.9 Å². The summed E-state index contributed by atoms with van der Waals surface area (Å²) >= 11 is 0. The van der Waals surface area contributed by atoms with Crippen molar-refractivity contribution in [2.45, 2.75) is 13.3 Å². The second-order valence-electron chi connectivity index (χ2n) is 3.49.